The van der Waals surface area contributed by atoms with Crippen LogP contribution in [0.3, 0.4) is 0 Å². The zero-order valence-electron chi connectivity index (χ0n) is 17.5. The monoisotopic (exact) mass is 400 g/mol. The molecule has 1 aliphatic carbocycles. The number of hydroxylamine groups is 2. The van der Waals surface area contributed by atoms with Gasteiger partial charge in [-0.15, -0.1) is 0 Å². The number of rotatable bonds is 5. The van der Waals surface area contributed by atoms with Gasteiger partial charge >= 0.3 is 0 Å². The minimum atomic E-state index is -0.277. The molecule has 2 heterocycles. The lowest BCUT2D eigenvalue weighted by atomic mass is 9.89. The number of piperidine rings is 1. The Morgan fingerprint density at radius 2 is 2.14 bits per heavy atom. The van der Waals surface area contributed by atoms with E-state index in [0.717, 1.165) is 32.2 Å². The van der Waals surface area contributed by atoms with E-state index in [4.69, 9.17) is 4.84 Å². The molecule has 2 fully saturated rings. The number of fused-ring (bicyclic) bond motifs is 1. The third-order valence-electron chi connectivity index (χ3n) is 6.54. The molecule has 1 amide bonds. The maximum atomic E-state index is 12.8. The number of amides is 1. The number of Topliss-reactive ketones (excluding diaryl/α,β-unsaturated/α-hetero) is 1. The highest BCUT2D eigenvalue weighted by molar-refractivity contribution is 5.84. The zero-order valence-corrected chi connectivity index (χ0v) is 17.5. The Bertz CT molecular complexity index is 783. The van der Waals surface area contributed by atoms with Crippen molar-refractivity contribution in [2.75, 3.05) is 13.6 Å². The first-order valence-corrected chi connectivity index (χ1v) is 10.8. The molecule has 7 nitrogen and oxygen atoms in total. The van der Waals surface area contributed by atoms with Crippen LogP contribution in [0.25, 0.3) is 0 Å². The van der Waals surface area contributed by atoms with E-state index >= 15 is 0 Å². The van der Waals surface area contributed by atoms with Gasteiger partial charge < -0.3 is 10.6 Å². The molecule has 4 rings (SSSR count). The Kier molecular flexibility index (Phi) is 6.01. The Hall–Kier alpha value is -1.80. The molecule has 2 aliphatic heterocycles. The van der Waals surface area contributed by atoms with Gasteiger partial charge in [-0.3, -0.25) is 19.7 Å². The molecule has 3 aliphatic rings. The van der Waals surface area contributed by atoms with Crippen molar-refractivity contribution in [1.29, 1.82) is 0 Å². The van der Waals surface area contributed by atoms with Crippen molar-refractivity contribution in [3.8, 4) is 0 Å². The van der Waals surface area contributed by atoms with Crippen molar-refractivity contribution in [3.63, 3.8) is 0 Å². The molecule has 29 heavy (non-hydrogen) atoms. The molecule has 0 saturated carbocycles. The quantitative estimate of drug-likeness (QED) is 0.701. The molecular formula is C22H32N4O3. The van der Waals surface area contributed by atoms with E-state index in [1.165, 1.54) is 16.7 Å². The van der Waals surface area contributed by atoms with Crippen LogP contribution in [-0.4, -0.2) is 42.6 Å². The normalized spacial score (nSPS) is 32.2. The van der Waals surface area contributed by atoms with Crippen LogP contribution in [0.15, 0.2) is 18.2 Å². The summed E-state index contributed by atoms with van der Waals surface area (Å²) < 4.78 is 0. The minimum Gasteiger partial charge on any atom is -0.348 e. The largest absolute Gasteiger partial charge is 0.348 e. The van der Waals surface area contributed by atoms with Gasteiger partial charge in [-0.05, 0) is 62.3 Å². The predicted molar refractivity (Wildman–Crippen MR) is 110 cm³/mol. The summed E-state index contributed by atoms with van der Waals surface area (Å²) in [6.07, 6.45) is 4.30. The third kappa shape index (κ3) is 4.23. The van der Waals surface area contributed by atoms with Crippen LogP contribution in [0.4, 0.5) is 0 Å². The first kappa shape index (κ1) is 20.5. The average Bonchev–Trinajstić information content (AvgIpc) is 3.30. The molecule has 3 N–H and O–H groups in total. The van der Waals surface area contributed by atoms with Crippen molar-refractivity contribution in [2.45, 2.75) is 70.4 Å². The van der Waals surface area contributed by atoms with Gasteiger partial charge in [0.25, 0.3) is 0 Å². The lowest BCUT2D eigenvalue weighted by molar-refractivity contribution is -0.144. The second-order valence-corrected chi connectivity index (χ2v) is 8.51. The van der Waals surface area contributed by atoms with Crippen molar-refractivity contribution in [2.24, 2.45) is 5.92 Å². The van der Waals surface area contributed by atoms with Crippen LogP contribution in [0.5, 0.6) is 0 Å². The number of benzene rings is 1. The summed E-state index contributed by atoms with van der Waals surface area (Å²) in [6.45, 7) is 4.44. The average molecular weight is 401 g/mol. The first-order chi connectivity index (χ1) is 14.0. The van der Waals surface area contributed by atoms with Crippen LogP contribution >= 0.6 is 0 Å². The summed E-state index contributed by atoms with van der Waals surface area (Å²) in [6, 6.07) is 6.27. The van der Waals surface area contributed by atoms with Crippen LogP contribution in [0.1, 0.15) is 68.4 Å². The lowest BCUT2D eigenvalue weighted by Gasteiger charge is -2.29. The topological polar surface area (TPSA) is 82.7 Å². The summed E-state index contributed by atoms with van der Waals surface area (Å²) >= 11 is 0. The van der Waals surface area contributed by atoms with E-state index in [9.17, 15) is 9.59 Å². The lowest BCUT2D eigenvalue weighted by Crippen LogP contribution is -2.50. The highest BCUT2D eigenvalue weighted by Gasteiger charge is 2.34. The highest BCUT2D eigenvalue weighted by Crippen LogP contribution is 2.35. The van der Waals surface area contributed by atoms with Crippen LogP contribution < -0.4 is 16.0 Å². The number of ketones is 1. The van der Waals surface area contributed by atoms with Gasteiger partial charge in [0.05, 0.1) is 12.1 Å². The maximum Gasteiger partial charge on any atom is 0.237 e. The maximum absolute atomic E-state index is 12.8. The molecule has 0 spiro atoms. The van der Waals surface area contributed by atoms with Crippen molar-refractivity contribution in [1.82, 2.24) is 21.0 Å². The number of carbonyl (C=O) groups excluding carboxylic acids is 2. The Balaban J connectivity index is 1.41. The number of hydrogen-bond acceptors (Lipinski definition) is 6. The molecule has 0 aromatic heterocycles. The molecule has 4 unspecified atom stereocenters. The summed E-state index contributed by atoms with van der Waals surface area (Å²) in [5, 5.41) is 11.9. The highest BCUT2D eigenvalue weighted by atomic mass is 16.7. The number of aryl methyl sites for hydroxylation is 1. The van der Waals surface area contributed by atoms with E-state index in [2.05, 4.69) is 41.1 Å². The van der Waals surface area contributed by atoms with Gasteiger partial charge in [0.2, 0.25) is 5.91 Å². The molecule has 0 bridgehead atoms. The number of nitrogens with one attached hydrogen (secondary N) is 3. The first-order valence-electron chi connectivity index (χ1n) is 10.8. The summed E-state index contributed by atoms with van der Waals surface area (Å²) in [4.78, 5) is 30.3. The molecular weight excluding hydrogens is 368 g/mol. The Morgan fingerprint density at radius 1 is 1.31 bits per heavy atom. The van der Waals surface area contributed by atoms with Crippen molar-refractivity contribution in [3.05, 3.63) is 34.9 Å². The smallest absolute Gasteiger partial charge is 0.237 e. The molecule has 2 saturated heterocycles. The van der Waals surface area contributed by atoms with Gasteiger partial charge in [0.1, 0.15) is 18.2 Å². The predicted octanol–water partition coefficient (Wildman–Crippen LogP) is 1.95. The van der Waals surface area contributed by atoms with Gasteiger partial charge in [-0.1, -0.05) is 25.1 Å². The van der Waals surface area contributed by atoms with Crippen molar-refractivity contribution >= 4 is 11.7 Å². The zero-order chi connectivity index (χ0) is 20.5. The SMILES string of the molecule is CCC1NC(c2ccc3c(c2)CC[C@H]3NC(=O)C2CC(C(C)=O)CCN2)N(C)O1. The van der Waals surface area contributed by atoms with Gasteiger partial charge in [-0.2, -0.15) is 5.06 Å². The van der Waals surface area contributed by atoms with Crippen LogP contribution in [0.2, 0.25) is 0 Å². The standard InChI is InChI=1S/C22H32N4O3/c1-4-20-25-21(26(3)29-20)16-5-7-17-15(11-16)6-8-18(17)24-22(28)19-12-14(13(2)27)9-10-23-19/h5,7,11,14,18-21,23,25H,4,6,8-10,12H2,1-3H3,(H,24,28)/t14?,18-,19?,20?,21?/m1/s1. The van der Waals surface area contributed by atoms with Gasteiger partial charge in [0, 0.05) is 13.0 Å². The second-order valence-electron chi connectivity index (χ2n) is 8.51. The summed E-state index contributed by atoms with van der Waals surface area (Å²) in [5.74, 6) is 0.188. The van der Waals surface area contributed by atoms with E-state index in [0.29, 0.717) is 6.42 Å². The molecule has 5 atom stereocenters. The minimum absolute atomic E-state index is 0.00418. The number of hydrogen-bond donors (Lipinski definition) is 3. The van der Waals surface area contributed by atoms with E-state index < -0.39 is 0 Å². The number of carbonyl (C=O) groups is 2. The van der Waals surface area contributed by atoms with E-state index in [1.807, 2.05) is 12.1 Å². The third-order valence-corrected chi connectivity index (χ3v) is 6.54. The van der Waals surface area contributed by atoms with Crippen molar-refractivity contribution < 1.29 is 14.4 Å². The summed E-state index contributed by atoms with van der Waals surface area (Å²) in [7, 11) is 1.95. The molecule has 0 radical (unpaired) electrons. The molecule has 1 aromatic carbocycles. The van der Waals surface area contributed by atoms with E-state index in [1.54, 1.807) is 6.92 Å². The fraction of sp³-hybridized carbons (Fsp3) is 0.636. The second kappa shape index (κ2) is 8.52. The Morgan fingerprint density at radius 3 is 2.86 bits per heavy atom. The van der Waals surface area contributed by atoms with Gasteiger partial charge in [0.15, 0.2) is 0 Å². The fourth-order valence-electron chi connectivity index (χ4n) is 4.79. The van der Waals surface area contributed by atoms with Gasteiger partial charge in [-0.25, -0.2) is 0 Å². The number of nitrogens with zero attached hydrogens (tertiary/aromatic N) is 1. The summed E-state index contributed by atoms with van der Waals surface area (Å²) in [5.41, 5.74) is 3.68. The molecule has 1 aromatic rings. The Labute approximate surface area is 172 Å². The van der Waals surface area contributed by atoms with Crippen LogP contribution in [0, 0.1) is 5.92 Å². The van der Waals surface area contributed by atoms with Crippen LogP contribution in [-0.2, 0) is 20.8 Å². The molecule has 158 valence electrons. The molecule has 7 heteroatoms. The van der Waals surface area contributed by atoms with E-state index in [-0.39, 0.29) is 42.1 Å². The fourth-order valence-corrected chi connectivity index (χ4v) is 4.79.